The van der Waals surface area contributed by atoms with Gasteiger partial charge in [0.15, 0.2) is 0 Å². The van der Waals surface area contributed by atoms with E-state index >= 15 is 0 Å². The smallest absolute Gasteiger partial charge is 0.251 e. The van der Waals surface area contributed by atoms with Gasteiger partial charge in [-0.05, 0) is 39.0 Å². The number of carbonyl (C=O) groups excluding carboxylic acids is 1. The molecule has 0 saturated carbocycles. The number of hydrogen-bond acceptors (Lipinski definition) is 4. The Morgan fingerprint density at radius 1 is 1.25 bits per heavy atom. The van der Waals surface area contributed by atoms with Gasteiger partial charge in [0.25, 0.3) is 5.91 Å². The van der Waals surface area contributed by atoms with E-state index in [2.05, 4.69) is 15.3 Å². The van der Waals surface area contributed by atoms with Crippen LogP contribution < -0.4 is 5.32 Å². The van der Waals surface area contributed by atoms with E-state index in [1.54, 1.807) is 19.2 Å². The van der Waals surface area contributed by atoms with Crippen LogP contribution in [0.5, 0.6) is 0 Å². The monoisotopic (exact) mass is 273 g/mol. The number of fused-ring (bicyclic) bond motifs is 1. The van der Waals surface area contributed by atoms with Gasteiger partial charge in [0, 0.05) is 18.7 Å². The van der Waals surface area contributed by atoms with Crippen LogP contribution in [-0.2, 0) is 4.74 Å². The maximum absolute atomic E-state index is 12.1. The van der Waals surface area contributed by atoms with Crippen molar-refractivity contribution in [3.05, 3.63) is 35.2 Å². The highest BCUT2D eigenvalue weighted by molar-refractivity contribution is 5.97. The molecule has 0 spiro atoms. The first kappa shape index (κ1) is 14.4. The zero-order valence-corrected chi connectivity index (χ0v) is 12.2. The number of aryl methyl sites for hydroxylation is 2. The van der Waals surface area contributed by atoms with E-state index in [1.807, 2.05) is 26.8 Å². The van der Waals surface area contributed by atoms with E-state index < -0.39 is 0 Å². The Hall–Kier alpha value is -2.01. The van der Waals surface area contributed by atoms with Gasteiger partial charge in [0.05, 0.1) is 29.0 Å². The summed E-state index contributed by atoms with van der Waals surface area (Å²) >= 11 is 0. The molecule has 0 aliphatic heterocycles. The Balaban J connectivity index is 2.27. The summed E-state index contributed by atoms with van der Waals surface area (Å²) in [4.78, 5) is 21.0. The fourth-order valence-electron chi connectivity index (χ4n) is 1.97. The van der Waals surface area contributed by atoms with Crippen LogP contribution >= 0.6 is 0 Å². The van der Waals surface area contributed by atoms with Gasteiger partial charge in [-0.3, -0.25) is 4.79 Å². The number of ether oxygens (including phenoxy) is 1. The van der Waals surface area contributed by atoms with Gasteiger partial charge in [0.1, 0.15) is 0 Å². The molecule has 1 atom stereocenters. The molecule has 0 unspecified atom stereocenters. The summed E-state index contributed by atoms with van der Waals surface area (Å²) in [5.41, 5.74) is 3.90. The van der Waals surface area contributed by atoms with E-state index in [-0.39, 0.29) is 11.9 Å². The van der Waals surface area contributed by atoms with E-state index in [0.29, 0.717) is 12.2 Å². The molecule has 0 saturated heterocycles. The molecule has 0 aliphatic rings. The maximum Gasteiger partial charge on any atom is 0.251 e. The molecule has 2 rings (SSSR count). The Labute approximate surface area is 118 Å². The van der Waals surface area contributed by atoms with Crippen molar-refractivity contribution in [3.8, 4) is 0 Å². The van der Waals surface area contributed by atoms with Gasteiger partial charge in [0.2, 0.25) is 0 Å². The Kier molecular flexibility index (Phi) is 4.29. The van der Waals surface area contributed by atoms with Crippen molar-refractivity contribution in [2.24, 2.45) is 0 Å². The number of hydrogen-bond donors (Lipinski definition) is 1. The molecule has 1 aromatic carbocycles. The zero-order chi connectivity index (χ0) is 14.7. The molecule has 1 heterocycles. The fourth-order valence-corrected chi connectivity index (χ4v) is 1.97. The van der Waals surface area contributed by atoms with E-state index in [9.17, 15) is 4.79 Å². The summed E-state index contributed by atoms with van der Waals surface area (Å²) in [5.74, 6) is -0.128. The molecule has 20 heavy (non-hydrogen) atoms. The van der Waals surface area contributed by atoms with Gasteiger partial charge in [-0.15, -0.1) is 0 Å². The Morgan fingerprint density at radius 3 is 2.55 bits per heavy atom. The lowest BCUT2D eigenvalue weighted by molar-refractivity contribution is 0.0905. The lowest BCUT2D eigenvalue weighted by Crippen LogP contribution is -2.35. The van der Waals surface area contributed by atoms with Crippen LogP contribution in [0.2, 0.25) is 0 Å². The first-order valence-corrected chi connectivity index (χ1v) is 6.56. The Bertz CT molecular complexity index is 640. The molecule has 0 aliphatic carbocycles. The third-order valence-electron chi connectivity index (χ3n) is 3.13. The average Bonchev–Trinajstić information content (AvgIpc) is 2.39. The molecule has 1 amide bonds. The highest BCUT2D eigenvalue weighted by Crippen LogP contribution is 2.14. The molecular formula is C15H19N3O2. The van der Waals surface area contributed by atoms with E-state index in [0.717, 1.165) is 22.4 Å². The third kappa shape index (κ3) is 3.11. The van der Waals surface area contributed by atoms with Gasteiger partial charge >= 0.3 is 0 Å². The van der Waals surface area contributed by atoms with Crippen LogP contribution in [0.3, 0.4) is 0 Å². The number of amides is 1. The molecule has 5 heteroatoms. The predicted octanol–water partition coefficient (Wildman–Crippen LogP) is 2.01. The molecule has 0 bridgehead atoms. The van der Waals surface area contributed by atoms with Gasteiger partial charge in [-0.2, -0.15) is 0 Å². The molecule has 0 radical (unpaired) electrons. The topological polar surface area (TPSA) is 64.1 Å². The maximum atomic E-state index is 12.1. The summed E-state index contributed by atoms with van der Waals surface area (Å²) in [6, 6.07) is 5.32. The SMILES string of the molecule is COC[C@H](C)NC(=O)c1ccc2nc(C)c(C)nc2c1. The van der Waals surface area contributed by atoms with Crippen LogP contribution in [0, 0.1) is 13.8 Å². The largest absolute Gasteiger partial charge is 0.383 e. The van der Waals surface area contributed by atoms with Crippen molar-refractivity contribution in [1.29, 1.82) is 0 Å². The summed E-state index contributed by atoms with van der Waals surface area (Å²) < 4.78 is 5.00. The summed E-state index contributed by atoms with van der Waals surface area (Å²) in [6.45, 7) is 6.22. The van der Waals surface area contributed by atoms with Crippen LogP contribution in [0.15, 0.2) is 18.2 Å². The normalized spacial score (nSPS) is 12.4. The zero-order valence-electron chi connectivity index (χ0n) is 12.2. The minimum atomic E-state index is -0.128. The quantitative estimate of drug-likeness (QED) is 0.925. The molecule has 1 N–H and O–H groups in total. The summed E-state index contributed by atoms with van der Waals surface area (Å²) in [7, 11) is 1.61. The van der Waals surface area contributed by atoms with E-state index in [1.165, 1.54) is 0 Å². The average molecular weight is 273 g/mol. The van der Waals surface area contributed by atoms with Crippen LogP contribution in [0.25, 0.3) is 11.0 Å². The highest BCUT2D eigenvalue weighted by Gasteiger charge is 2.11. The third-order valence-corrected chi connectivity index (χ3v) is 3.13. The van der Waals surface area contributed by atoms with Gasteiger partial charge < -0.3 is 10.1 Å². The first-order chi connectivity index (χ1) is 9.51. The number of nitrogens with one attached hydrogen (secondary N) is 1. The van der Waals surface area contributed by atoms with Crippen molar-refractivity contribution >= 4 is 16.9 Å². The molecule has 2 aromatic rings. The van der Waals surface area contributed by atoms with Crippen molar-refractivity contribution in [2.45, 2.75) is 26.8 Å². The number of aromatic nitrogens is 2. The summed E-state index contributed by atoms with van der Waals surface area (Å²) in [6.07, 6.45) is 0. The minimum Gasteiger partial charge on any atom is -0.383 e. The second-order valence-electron chi connectivity index (χ2n) is 4.93. The molecule has 106 valence electrons. The number of nitrogens with zero attached hydrogens (tertiary/aromatic N) is 2. The predicted molar refractivity (Wildman–Crippen MR) is 77.8 cm³/mol. The lowest BCUT2D eigenvalue weighted by atomic mass is 10.1. The van der Waals surface area contributed by atoms with Crippen LogP contribution in [0.1, 0.15) is 28.7 Å². The second kappa shape index (κ2) is 5.96. The Morgan fingerprint density at radius 2 is 1.90 bits per heavy atom. The van der Waals surface area contributed by atoms with Crippen molar-refractivity contribution < 1.29 is 9.53 Å². The van der Waals surface area contributed by atoms with Crippen molar-refractivity contribution in [2.75, 3.05) is 13.7 Å². The van der Waals surface area contributed by atoms with Crippen LogP contribution in [0.4, 0.5) is 0 Å². The second-order valence-corrected chi connectivity index (χ2v) is 4.93. The first-order valence-electron chi connectivity index (χ1n) is 6.56. The molecule has 0 fully saturated rings. The minimum absolute atomic E-state index is 0.0333. The number of carbonyl (C=O) groups is 1. The molecule has 5 nitrogen and oxygen atoms in total. The molecule has 1 aromatic heterocycles. The number of rotatable bonds is 4. The number of benzene rings is 1. The highest BCUT2D eigenvalue weighted by atomic mass is 16.5. The van der Waals surface area contributed by atoms with Crippen molar-refractivity contribution in [1.82, 2.24) is 15.3 Å². The lowest BCUT2D eigenvalue weighted by Gasteiger charge is -2.13. The summed E-state index contributed by atoms with van der Waals surface area (Å²) in [5, 5.41) is 2.88. The fraction of sp³-hybridized carbons (Fsp3) is 0.400. The van der Waals surface area contributed by atoms with Crippen LogP contribution in [-0.4, -0.2) is 35.6 Å². The standard InChI is InChI=1S/C15H19N3O2/c1-9(8-20-4)16-15(19)12-5-6-13-14(7-12)18-11(3)10(2)17-13/h5-7,9H,8H2,1-4H3,(H,16,19)/t9-/m0/s1. The molecular weight excluding hydrogens is 254 g/mol. The van der Waals surface area contributed by atoms with Gasteiger partial charge in [-0.25, -0.2) is 9.97 Å². The van der Waals surface area contributed by atoms with Gasteiger partial charge in [-0.1, -0.05) is 0 Å². The van der Waals surface area contributed by atoms with Crippen molar-refractivity contribution in [3.63, 3.8) is 0 Å². The van der Waals surface area contributed by atoms with E-state index in [4.69, 9.17) is 4.74 Å². The number of methoxy groups -OCH3 is 1.